The average molecular weight is 887 g/mol. The highest BCUT2D eigenvalue weighted by Gasteiger charge is 2.23. The van der Waals surface area contributed by atoms with E-state index in [1.54, 1.807) is 0 Å². The summed E-state index contributed by atoms with van der Waals surface area (Å²) in [6.07, 6.45) is -0.397. The Kier molecular flexibility index (Phi) is 35.6. The van der Waals surface area contributed by atoms with Gasteiger partial charge in [0, 0.05) is 12.6 Å². The van der Waals surface area contributed by atoms with Crippen molar-refractivity contribution in [2.24, 2.45) is 0 Å². The molecule has 0 atom stereocenters. The lowest BCUT2D eigenvalue weighted by Gasteiger charge is -2.09. The molecule has 0 aliphatic carbocycles. The minimum absolute atomic E-state index is 0.0161. The minimum atomic E-state index is -1.80. The number of carbonyl (C=O) groups is 2. The van der Waals surface area contributed by atoms with E-state index in [1.807, 2.05) is 0 Å². The van der Waals surface area contributed by atoms with Gasteiger partial charge < -0.3 is 66.9 Å². The second-order valence-corrected chi connectivity index (χ2v) is 11.4. The number of hydrogen-bond donors (Lipinski definition) is 1. The van der Waals surface area contributed by atoms with Crippen LogP contribution in [0.15, 0.2) is 6.07 Å². The molecule has 56 heavy (non-hydrogen) atoms. The molecule has 16 nitrogen and oxygen atoms in total. The molecule has 1 aromatic rings. The number of carbonyl (C=O) groups excluding carboxylic acids is 2. The molecule has 0 bridgehead atoms. The molecule has 326 valence electrons. The Morgan fingerprint density at radius 2 is 0.714 bits per heavy atom. The molecule has 0 saturated carbocycles. The van der Waals surface area contributed by atoms with E-state index in [0.29, 0.717) is 145 Å². The van der Waals surface area contributed by atoms with Crippen molar-refractivity contribution in [1.82, 2.24) is 5.32 Å². The van der Waals surface area contributed by atoms with Gasteiger partial charge in [0.05, 0.1) is 170 Å². The lowest BCUT2D eigenvalue weighted by Crippen LogP contribution is -2.28. The molecule has 1 N–H and O–H groups in total. The summed E-state index contributed by atoms with van der Waals surface area (Å²) in [5.74, 6) is -9.57. The van der Waals surface area contributed by atoms with Crippen molar-refractivity contribution >= 4 is 27.8 Å². The molecule has 1 amide bonds. The summed E-state index contributed by atoms with van der Waals surface area (Å²) in [7, 11) is 0. The Hall–Kier alpha value is -2.12. The molecular formula is C35H56BrF4NO15. The summed E-state index contributed by atoms with van der Waals surface area (Å²) < 4.78 is 122. The SMILES string of the molecule is O=C(CBr)NCCOCCOCCOCCOCCOCCOCCOCCOCCOCCOCCOCCOCCC(=O)Oc1c(F)c(F)cc(F)c1F. The fraction of sp³-hybridized carbons (Fsp3) is 0.771. The Morgan fingerprint density at radius 1 is 0.446 bits per heavy atom. The highest BCUT2D eigenvalue weighted by Crippen LogP contribution is 2.26. The monoisotopic (exact) mass is 885 g/mol. The molecule has 0 aliphatic heterocycles. The first kappa shape index (κ1) is 51.9. The van der Waals surface area contributed by atoms with Crippen molar-refractivity contribution in [3.63, 3.8) is 0 Å². The Balaban J connectivity index is 1.69. The quantitative estimate of drug-likeness (QED) is 0.0254. The van der Waals surface area contributed by atoms with Crippen LogP contribution in [0.2, 0.25) is 0 Å². The summed E-state index contributed by atoms with van der Waals surface area (Å²) >= 11 is 3.07. The lowest BCUT2D eigenvalue weighted by atomic mass is 10.3. The highest BCUT2D eigenvalue weighted by atomic mass is 79.9. The first-order chi connectivity index (χ1) is 27.4. The largest absolute Gasteiger partial charge is 0.420 e. The maximum atomic E-state index is 13.5. The molecule has 0 radical (unpaired) electrons. The standard InChI is InChI=1S/C35H56BrF4NO15/c36-28-31(42)41-2-4-45-6-8-47-10-12-49-14-16-51-18-20-53-22-24-55-26-25-54-23-21-52-19-17-50-15-13-48-11-9-46-7-5-44-3-1-32(43)56-35-33(39)29(37)27-30(38)34(35)40/h27H,1-26,28H2,(H,41,42). The van der Waals surface area contributed by atoms with Gasteiger partial charge in [-0.1, -0.05) is 15.9 Å². The zero-order valence-corrected chi connectivity index (χ0v) is 33.3. The van der Waals surface area contributed by atoms with Crippen molar-refractivity contribution in [2.45, 2.75) is 6.42 Å². The van der Waals surface area contributed by atoms with Crippen LogP contribution < -0.4 is 10.1 Å². The number of nitrogens with one attached hydrogen (secondary N) is 1. The van der Waals surface area contributed by atoms with Gasteiger partial charge in [0.25, 0.3) is 0 Å². The van der Waals surface area contributed by atoms with Crippen LogP contribution in [-0.2, 0) is 66.4 Å². The molecule has 0 aliphatic rings. The number of benzene rings is 1. The normalized spacial score (nSPS) is 11.4. The van der Waals surface area contributed by atoms with Crippen molar-refractivity contribution < 1.29 is 88.7 Å². The maximum Gasteiger partial charge on any atom is 0.313 e. The Labute approximate surface area is 333 Å². The Morgan fingerprint density at radius 3 is 1.00 bits per heavy atom. The Bertz CT molecular complexity index is 1090. The number of esters is 1. The molecule has 0 aromatic heterocycles. The molecular weight excluding hydrogens is 830 g/mol. The summed E-state index contributed by atoms with van der Waals surface area (Å²) in [6.45, 7) is 9.68. The van der Waals surface area contributed by atoms with Crippen LogP contribution in [0, 0.1) is 23.3 Å². The minimum Gasteiger partial charge on any atom is -0.420 e. The topological polar surface area (TPSA) is 166 Å². The molecule has 0 heterocycles. The van der Waals surface area contributed by atoms with E-state index in [9.17, 15) is 27.2 Å². The molecule has 1 aromatic carbocycles. The molecule has 0 unspecified atom stereocenters. The molecule has 1 rings (SSSR count). The first-order valence-electron chi connectivity index (χ1n) is 18.2. The van der Waals surface area contributed by atoms with Gasteiger partial charge in [0.1, 0.15) is 0 Å². The van der Waals surface area contributed by atoms with Crippen LogP contribution in [-0.4, -0.2) is 182 Å². The smallest absolute Gasteiger partial charge is 0.313 e. The van der Waals surface area contributed by atoms with E-state index in [4.69, 9.17) is 56.8 Å². The number of amides is 1. The van der Waals surface area contributed by atoms with Crippen molar-refractivity contribution in [2.75, 3.05) is 170 Å². The van der Waals surface area contributed by atoms with Crippen LogP contribution >= 0.6 is 15.9 Å². The third-order valence-corrected chi connectivity index (χ3v) is 7.03. The average Bonchev–Trinajstić information content (AvgIpc) is 3.19. The van der Waals surface area contributed by atoms with E-state index < -0.39 is 41.4 Å². The summed E-state index contributed by atoms with van der Waals surface area (Å²) in [5, 5.41) is 2.97. The van der Waals surface area contributed by atoms with Crippen molar-refractivity contribution in [3.05, 3.63) is 29.3 Å². The number of ether oxygens (including phenoxy) is 13. The number of alkyl halides is 1. The zero-order valence-electron chi connectivity index (χ0n) is 31.7. The van der Waals surface area contributed by atoms with E-state index in [2.05, 4.69) is 26.0 Å². The van der Waals surface area contributed by atoms with E-state index in [0.717, 1.165) is 0 Å². The predicted octanol–water partition coefficient (Wildman–Crippen LogP) is 2.25. The lowest BCUT2D eigenvalue weighted by molar-refractivity contribution is -0.136. The molecule has 0 fully saturated rings. The number of halogens is 5. The second-order valence-electron chi connectivity index (χ2n) is 10.9. The van der Waals surface area contributed by atoms with E-state index in [1.165, 1.54) is 0 Å². The van der Waals surface area contributed by atoms with Crippen LogP contribution in [0.3, 0.4) is 0 Å². The van der Waals surface area contributed by atoms with Crippen LogP contribution in [0.1, 0.15) is 6.42 Å². The number of hydrogen-bond acceptors (Lipinski definition) is 15. The molecule has 0 spiro atoms. The molecule has 0 saturated heterocycles. The summed E-state index contributed by atoms with van der Waals surface area (Å²) in [6, 6.07) is 0.0161. The third-order valence-electron chi connectivity index (χ3n) is 6.52. The second kappa shape index (κ2) is 38.4. The van der Waals surface area contributed by atoms with Gasteiger partial charge in [0.15, 0.2) is 11.6 Å². The van der Waals surface area contributed by atoms with Gasteiger partial charge in [-0.25, -0.2) is 8.78 Å². The fourth-order valence-electron chi connectivity index (χ4n) is 3.79. The van der Waals surface area contributed by atoms with E-state index >= 15 is 0 Å². The van der Waals surface area contributed by atoms with Crippen LogP contribution in [0.4, 0.5) is 17.6 Å². The van der Waals surface area contributed by atoms with Crippen LogP contribution in [0.5, 0.6) is 5.75 Å². The van der Waals surface area contributed by atoms with Gasteiger partial charge in [-0.15, -0.1) is 0 Å². The molecule has 21 heteroatoms. The van der Waals surface area contributed by atoms with Crippen LogP contribution in [0.25, 0.3) is 0 Å². The third kappa shape index (κ3) is 30.9. The summed E-state index contributed by atoms with van der Waals surface area (Å²) in [5.41, 5.74) is 0. The van der Waals surface area contributed by atoms with Gasteiger partial charge in [-0.2, -0.15) is 8.78 Å². The van der Waals surface area contributed by atoms with Crippen molar-refractivity contribution in [3.8, 4) is 5.75 Å². The highest BCUT2D eigenvalue weighted by molar-refractivity contribution is 9.09. The van der Waals surface area contributed by atoms with Gasteiger partial charge in [-0.3, -0.25) is 9.59 Å². The van der Waals surface area contributed by atoms with Gasteiger partial charge in [-0.05, 0) is 0 Å². The van der Waals surface area contributed by atoms with Crippen molar-refractivity contribution in [1.29, 1.82) is 0 Å². The maximum absolute atomic E-state index is 13.5. The predicted molar refractivity (Wildman–Crippen MR) is 193 cm³/mol. The van der Waals surface area contributed by atoms with Gasteiger partial charge >= 0.3 is 5.97 Å². The number of rotatable bonds is 41. The zero-order chi connectivity index (χ0) is 40.7. The first-order valence-corrected chi connectivity index (χ1v) is 19.3. The summed E-state index contributed by atoms with van der Waals surface area (Å²) in [4.78, 5) is 22.7. The van der Waals surface area contributed by atoms with Gasteiger partial charge in [0.2, 0.25) is 23.3 Å². The van der Waals surface area contributed by atoms with E-state index in [-0.39, 0.29) is 37.1 Å². The fourth-order valence-corrected chi connectivity index (χ4v) is 3.99.